The average Bonchev–Trinajstić information content (AvgIpc) is 2.37. The second-order valence-electron chi connectivity index (χ2n) is 4.00. The van der Waals surface area contributed by atoms with Gasteiger partial charge in [0, 0.05) is 17.0 Å². The van der Waals surface area contributed by atoms with Gasteiger partial charge in [-0.1, -0.05) is 11.6 Å². The molecule has 98 valence electrons. The molecular weight excluding hydrogens is 321 g/mol. The largest absolute Gasteiger partial charge is 0.486 e. The van der Waals surface area contributed by atoms with Gasteiger partial charge in [0.15, 0.2) is 0 Å². The van der Waals surface area contributed by atoms with Gasteiger partial charge in [0.25, 0.3) is 0 Å². The van der Waals surface area contributed by atoms with Crippen LogP contribution in [-0.4, -0.2) is 25.7 Å². The summed E-state index contributed by atoms with van der Waals surface area (Å²) in [6.07, 6.45) is 0.920. The van der Waals surface area contributed by atoms with E-state index in [9.17, 15) is 4.79 Å². The monoisotopic (exact) mass is 333 g/mol. The van der Waals surface area contributed by atoms with Gasteiger partial charge in [-0.3, -0.25) is 4.79 Å². The number of benzene rings is 1. The van der Waals surface area contributed by atoms with Gasteiger partial charge in [0.2, 0.25) is 0 Å². The first kappa shape index (κ1) is 13.5. The van der Waals surface area contributed by atoms with Crippen molar-refractivity contribution in [1.82, 2.24) is 0 Å². The fourth-order valence-electron chi connectivity index (χ4n) is 1.75. The molecule has 0 unspecified atom stereocenters. The summed E-state index contributed by atoms with van der Waals surface area (Å²) < 4.78 is 11.2. The van der Waals surface area contributed by atoms with Gasteiger partial charge < -0.3 is 14.8 Å². The van der Waals surface area contributed by atoms with E-state index in [-0.39, 0.29) is 12.1 Å². The van der Waals surface area contributed by atoms with E-state index in [2.05, 4.69) is 26.0 Å². The molecule has 0 amide bonds. The van der Waals surface area contributed by atoms with Gasteiger partial charge in [0.1, 0.15) is 11.9 Å². The summed E-state index contributed by atoms with van der Waals surface area (Å²) in [6, 6.07) is 3.65. The summed E-state index contributed by atoms with van der Waals surface area (Å²) in [7, 11) is 1.38. The zero-order chi connectivity index (χ0) is 13.1. The number of rotatable bonds is 3. The van der Waals surface area contributed by atoms with E-state index >= 15 is 0 Å². The van der Waals surface area contributed by atoms with Gasteiger partial charge in [0.05, 0.1) is 24.4 Å². The van der Waals surface area contributed by atoms with Crippen LogP contribution in [0.5, 0.6) is 5.75 Å². The summed E-state index contributed by atoms with van der Waals surface area (Å²) in [5.74, 6) is 0.488. The number of hydrogen-bond donors (Lipinski definition) is 1. The molecule has 18 heavy (non-hydrogen) atoms. The molecule has 1 aliphatic heterocycles. The number of anilines is 1. The molecule has 1 aliphatic rings. The summed E-state index contributed by atoms with van der Waals surface area (Å²) in [4.78, 5) is 11.1. The highest BCUT2D eigenvalue weighted by Crippen LogP contribution is 2.37. The number of ether oxygens (including phenoxy) is 2. The predicted molar refractivity (Wildman–Crippen MR) is 73.3 cm³/mol. The SMILES string of the molecule is COC(=O)CC[C@H]1CNc2cc(Br)c(Cl)cc2O1. The molecule has 2 rings (SSSR count). The van der Waals surface area contributed by atoms with Crippen LogP contribution in [0.2, 0.25) is 5.02 Å². The molecule has 1 atom stereocenters. The smallest absolute Gasteiger partial charge is 0.305 e. The molecule has 0 aromatic heterocycles. The highest BCUT2D eigenvalue weighted by molar-refractivity contribution is 9.10. The Morgan fingerprint density at radius 1 is 1.67 bits per heavy atom. The molecule has 1 aromatic carbocycles. The molecular formula is C12H13BrClNO3. The number of fused-ring (bicyclic) bond motifs is 1. The van der Waals surface area contributed by atoms with Crippen LogP contribution in [-0.2, 0) is 9.53 Å². The summed E-state index contributed by atoms with van der Waals surface area (Å²) in [5.41, 5.74) is 0.903. The molecule has 1 heterocycles. The number of nitrogens with one attached hydrogen (secondary N) is 1. The van der Waals surface area contributed by atoms with Crippen molar-refractivity contribution in [3.63, 3.8) is 0 Å². The number of carbonyl (C=O) groups excluding carboxylic acids is 1. The Balaban J connectivity index is 2.01. The van der Waals surface area contributed by atoms with Crippen molar-refractivity contribution in [2.24, 2.45) is 0 Å². The Bertz CT molecular complexity index is 467. The molecule has 0 saturated carbocycles. The molecule has 0 saturated heterocycles. The standard InChI is InChI=1S/C12H13BrClNO3/c1-17-12(16)3-2-7-6-15-10-4-8(13)9(14)5-11(10)18-7/h4-5,7,15H,2-3,6H2,1H3/t7-/m0/s1. The minimum Gasteiger partial charge on any atom is -0.486 e. The Morgan fingerprint density at radius 3 is 3.17 bits per heavy atom. The lowest BCUT2D eigenvalue weighted by molar-refractivity contribution is -0.141. The third-order valence-corrected chi connectivity index (χ3v) is 3.93. The van der Waals surface area contributed by atoms with Crippen molar-refractivity contribution in [2.45, 2.75) is 18.9 Å². The van der Waals surface area contributed by atoms with Crippen LogP contribution in [0.3, 0.4) is 0 Å². The Morgan fingerprint density at radius 2 is 2.44 bits per heavy atom. The van der Waals surface area contributed by atoms with Gasteiger partial charge in [-0.2, -0.15) is 0 Å². The van der Waals surface area contributed by atoms with Crippen molar-refractivity contribution in [1.29, 1.82) is 0 Å². The number of carbonyl (C=O) groups is 1. The Labute approximate surface area is 119 Å². The second-order valence-corrected chi connectivity index (χ2v) is 5.26. The quantitative estimate of drug-likeness (QED) is 0.862. The van der Waals surface area contributed by atoms with Crippen molar-refractivity contribution >= 4 is 39.2 Å². The highest BCUT2D eigenvalue weighted by Gasteiger charge is 2.21. The zero-order valence-electron chi connectivity index (χ0n) is 9.83. The minimum absolute atomic E-state index is 0.0474. The van der Waals surface area contributed by atoms with Crippen LogP contribution in [0.1, 0.15) is 12.8 Å². The maximum absolute atomic E-state index is 11.1. The molecule has 1 aromatic rings. The third kappa shape index (κ3) is 3.09. The summed E-state index contributed by atoms with van der Waals surface area (Å²) >= 11 is 9.37. The maximum Gasteiger partial charge on any atom is 0.305 e. The van der Waals surface area contributed by atoms with E-state index in [1.165, 1.54) is 7.11 Å². The van der Waals surface area contributed by atoms with Crippen molar-refractivity contribution in [3.05, 3.63) is 21.6 Å². The van der Waals surface area contributed by atoms with Crippen LogP contribution in [0, 0.1) is 0 Å². The first-order valence-electron chi connectivity index (χ1n) is 5.56. The molecule has 0 fully saturated rings. The van der Waals surface area contributed by atoms with Crippen molar-refractivity contribution < 1.29 is 14.3 Å². The van der Waals surface area contributed by atoms with Gasteiger partial charge in [-0.15, -0.1) is 0 Å². The number of methoxy groups -OCH3 is 1. The van der Waals surface area contributed by atoms with E-state index in [0.29, 0.717) is 30.2 Å². The predicted octanol–water partition coefficient (Wildman–Crippen LogP) is 3.23. The van der Waals surface area contributed by atoms with Crippen LogP contribution < -0.4 is 10.1 Å². The molecule has 0 spiro atoms. The minimum atomic E-state index is -0.224. The average molecular weight is 335 g/mol. The van der Waals surface area contributed by atoms with E-state index in [0.717, 1.165) is 10.2 Å². The van der Waals surface area contributed by atoms with Gasteiger partial charge in [-0.05, 0) is 28.4 Å². The highest BCUT2D eigenvalue weighted by atomic mass is 79.9. The lowest BCUT2D eigenvalue weighted by atomic mass is 10.1. The fourth-order valence-corrected chi connectivity index (χ4v) is 2.25. The lowest BCUT2D eigenvalue weighted by Gasteiger charge is -2.27. The number of halogens is 2. The molecule has 4 nitrogen and oxygen atoms in total. The second kappa shape index (κ2) is 5.80. The molecule has 6 heteroatoms. The third-order valence-electron chi connectivity index (χ3n) is 2.73. The van der Waals surface area contributed by atoms with Crippen molar-refractivity contribution in [2.75, 3.05) is 19.0 Å². The normalized spacial score (nSPS) is 17.4. The number of esters is 1. The molecule has 0 aliphatic carbocycles. The molecule has 1 N–H and O–H groups in total. The van der Waals surface area contributed by atoms with Crippen LogP contribution in [0.25, 0.3) is 0 Å². The summed E-state index contributed by atoms with van der Waals surface area (Å²) in [6.45, 7) is 0.665. The fraction of sp³-hybridized carbons (Fsp3) is 0.417. The molecule has 0 bridgehead atoms. The van der Waals surface area contributed by atoms with Gasteiger partial charge >= 0.3 is 5.97 Å². The topological polar surface area (TPSA) is 47.6 Å². The zero-order valence-corrected chi connectivity index (χ0v) is 12.2. The Hall–Kier alpha value is -0.940. The van der Waals surface area contributed by atoms with Crippen LogP contribution in [0.4, 0.5) is 5.69 Å². The number of hydrogen-bond acceptors (Lipinski definition) is 4. The Kier molecular flexibility index (Phi) is 4.35. The van der Waals surface area contributed by atoms with E-state index in [1.807, 2.05) is 6.07 Å². The first-order chi connectivity index (χ1) is 8.60. The van der Waals surface area contributed by atoms with Crippen LogP contribution >= 0.6 is 27.5 Å². The lowest BCUT2D eigenvalue weighted by Crippen LogP contribution is -2.31. The van der Waals surface area contributed by atoms with Gasteiger partial charge in [-0.25, -0.2) is 0 Å². The first-order valence-corrected chi connectivity index (χ1v) is 6.73. The van der Waals surface area contributed by atoms with E-state index < -0.39 is 0 Å². The van der Waals surface area contributed by atoms with E-state index in [4.69, 9.17) is 16.3 Å². The van der Waals surface area contributed by atoms with Crippen LogP contribution in [0.15, 0.2) is 16.6 Å². The molecule has 0 radical (unpaired) electrons. The van der Waals surface area contributed by atoms with E-state index in [1.54, 1.807) is 6.07 Å². The maximum atomic E-state index is 11.1. The summed E-state index contributed by atoms with van der Waals surface area (Å²) in [5, 5.41) is 3.86. The van der Waals surface area contributed by atoms with Crippen molar-refractivity contribution in [3.8, 4) is 5.75 Å².